The van der Waals surface area contributed by atoms with Gasteiger partial charge in [0.15, 0.2) is 12.1 Å². The lowest BCUT2D eigenvalue weighted by Crippen LogP contribution is -2.32. The van der Waals surface area contributed by atoms with Crippen LogP contribution in [0.15, 0.2) is 34.5 Å². The average Bonchev–Trinajstić information content (AvgIpc) is 3.76. The molecule has 5 rings (SSSR count). The molecule has 2 aliphatic heterocycles. The van der Waals surface area contributed by atoms with E-state index in [9.17, 15) is 29.1 Å². The number of allylic oxidation sites excluding steroid dienone is 1. The highest BCUT2D eigenvalue weighted by molar-refractivity contribution is 6.24. The second-order valence-electron chi connectivity index (χ2n) is 12.3. The van der Waals surface area contributed by atoms with Crippen molar-refractivity contribution in [3.05, 3.63) is 74.5 Å². The number of aldehydes is 1. The molecule has 4 heterocycles. The zero-order valence-corrected chi connectivity index (χ0v) is 27.1. The number of hydrogen-bond donors (Lipinski definition) is 4. The Hall–Kier alpha value is -4.80. The van der Waals surface area contributed by atoms with Gasteiger partial charge >= 0.3 is 11.9 Å². The van der Waals surface area contributed by atoms with E-state index in [0.717, 1.165) is 40.1 Å². The molecule has 0 fully saturated rings. The first-order valence-electron chi connectivity index (χ1n) is 15.5. The Labute approximate surface area is 267 Å². The smallest absolute Gasteiger partial charge is 0.321 e. The third-order valence-corrected chi connectivity index (χ3v) is 9.99. The second kappa shape index (κ2) is 12.5. The van der Waals surface area contributed by atoms with E-state index in [4.69, 9.17) is 9.73 Å². The van der Waals surface area contributed by atoms with E-state index in [1.165, 1.54) is 13.2 Å². The van der Waals surface area contributed by atoms with Gasteiger partial charge in [0, 0.05) is 64.9 Å². The molecule has 4 unspecified atom stereocenters. The summed E-state index contributed by atoms with van der Waals surface area (Å²) in [4.78, 5) is 74.8. The summed E-state index contributed by atoms with van der Waals surface area (Å²) in [5.74, 6) is -4.15. The van der Waals surface area contributed by atoms with E-state index in [-0.39, 0.29) is 30.7 Å². The predicted molar refractivity (Wildman–Crippen MR) is 172 cm³/mol. The van der Waals surface area contributed by atoms with Crippen LogP contribution in [0.1, 0.15) is 94.7 Å². The van der Waals surface area contributed by atoms with Crippen molar-refractivity contribution in [2.75, 3.05) is 7.11 Å². The lowest BCUT2D eigenvalue weighted by Gasteiger charge is -2.21. The van der Waals surface area contributed by atoms with Crippen molar-refractivity contribution in [3.63, 3.8) is 0 Å². The van der Waals surface area contributed by atoms with Gasteiger partial charge in [-0.2, -0.15) is 0 Å². The van der Waals surface area contributed by atoms with Crippen LogP contribution in [-0.2, 0) is 32.0 Å². The number of methoxy groups -OCH3 is 1. The van der Waals surface area contributed by atoms with Crippen LogP contribution in [0, 0.1) is 31.6 Å². The molecule has 0 aromatic carbocycles. The zero-order valence-electron chi connectivity index (χ0n) is 27.1. The number of aliphatic imine (C=N–C) groups is 1. The number of H-pyrrole nitrogens is 2. The molecule has 3 aliphatic rings. The van der Waals surface area contributed by atoms with Gasteiger partial charge in [0.2, 0.25) is 0 Å². The van der Waals surface area contributed by atoms with Crippen molar-refractivity contribution in [3.8, 4) is 0 Å². The summed E-state index contributed by atoms with van der Waals surface area (Å²) in [5.41, 5.74) is 8.62. The minimum absolute atomic E-state index is 0.127. The standard InChI is InChI=1S/C35H40N4O7/c1-8-19-15(3)26(14-40)36-25(19)13-24-18(6)28-32(38-24)29(30(33(28)43)35(45)46-7)31-21(10-11-27(41)42)17(5)22(37-31)12-23-16(4)20(9-2)34(44)39-23/h9,14,17,21,23,30,36,38H,2,8,10-13H2,1,3-7H3,(H,39,44)(H,41,42). The molecule has 2 aromatic heterocycles. The topological polar surface area (TPSA) is 171 Å². The molecule has 1 aliphatic carbocycles. The quantitative estimate of drug-likeness (QED) is 0.160. The lowest BCUT2D eigenvalue weighted by atomic mass is 9.82. The van der Waals surface area contributed by atoms with E-state index in [2.05, 4.69) is 21.9 Å². The number of fused-ring (bicyclic) bond motifs is 1. The molecular formula is C35H40N4O7. The average molecular weight is 629 g/mol. The fourth-order valence-corrected chi connectivity index (χ4v) is 7.36. The van der Waals surface area contributed by atoms with E-state index in [0.29, 0.717) is 58.6 Å². The maximum absolute atomic E-state index is 14.0. The molecule has 0 saturated carbocycles. The summed E-state index contributed by atoms with van der Waals surface area (Å²) in [5, 5.41) is 12.6. The minimum Gasteiger partial charge on any atom is -0.481 e. The first kappa shape index (κ1) is 32.6. The van der Waals surface area contributed by atoms with Crippen LogP contribution < -0.4 is 5.32 Å². The summed E-state index contributed by atoms with van der Waals surface area (Å²) in [7, 11) is 1.23. The van der Waals surface area contributed by atoms with Crippen molar-refractivity contribution in [2.24, 2.45) is 22.7 Å². The van der Waals surface area contributed by atoms with Crippen molar-refractivity contribution in [1.29, 1.82) is 0 Å². The van der Waals surface area contributed by atoms with Gasteiger partial charge in [-0.05, 0) is 55.9 Å². The Morgan fingerprint density at radius 1 is 1.11 bits per heavy atom. The Morgan fingerprint density at radius 3 is 2.41 bits per heavy atom. The van der Waals surface area contributed by atoms with E-state index in [1.807, 2.05) is 34.6 Å². The number of carboxylic acid groups (broad SMARTS) is 1. The monoisotopic (exact) mass is 628 g/mol. The van der Waals surface area contributed by atoms with Crippen LogP contribution in [0.2, 0.25) is 0 Å². The molecule has 11 nitrogen and oxygen atoms in total. The van der Waals surface area contributed by atoms with Gasteiger partial charge in [0.1, 0.15) is 5.92 Å². The van der Waals surface area contributed by atoms with Gasteiger partial charge in [-0.15, -0.1) is 0 Å². The molecule has 0 saturated heterocycles. The van der Waals surface area contributed by atoms with Crippen molar-refractivity contribution in [2.45, 2.75) is 72.8 Å². The number of aromatic amines is 2. The number of aliphatic carboxylic acids is 1. The number of hydrogen-bond acceptors (Lipinski definition) is 7. The van der Waals surface area contributed by atoms with E-state index in [1.54, 1.807) is 0 Å². The number of amides is 1. The Bertz CT molecular complexity index is 1780. The normalized spacial score (nSPS) is 23.9. The van der Waals surface area contributed by atoms with Crippen LogP contribution in [0.25, 0.3) is 5.57 Å². The van der Waals surface area contributed by atoms with Gasteiger partial charge < -0.3 is 25.1 Å². The fraction of sp³-hybridized carbons (Fsp3) is 0.429. The molecule has 46 heavy (non-hydrogen) atoms. The number of Topliss-reactive ketones (excluding diaryl/α,β-unsaturated/α-hetero) is 1. The Balaban J connectivity index is 1.66. The zero-order chi connectivity index (χ0) is 33.6. The third-order valence-electron chi connectivity index (χ3n) is 9.99. The Morgan fingerprint density at radius 2 is 1.83 bits per heavy atom. The summed E-state index contributed by atoms with van der Waals surface area (Å²) >= 11 is 0. The number of rotatable bonds is 11. The summed E-state index contributed by atoms with van der Waals surface area (Å²) < 4.78 is 5.11. The largest absolute Gasteiger partial charge is 0.481 e. The maximum atomic E-state index is 14.0. The first-order chi connectivity index (χ1) is 21.9. The number of ketones is 1. The molecule has 2 aromatic rings. The molecule has 4 atom stereocenters. The number of ether oxygens (including phenoxy) is 1. The number of carbonyl (C=O) groups is 5. The molecule has 242 valence electrons. The Kier molecular flexibility index (Phi) is 8.88. The van der Waals surface area contributed by atoms with Crippen LogP contribution in [0.4, 0.5) is 0 Å². The van der Waals surface area contributed by atoms with Crippen LogP contribution in [0.5, 0.6) is 0 Å². The van der Waals surface area contributed by atoms with Gasteiger partial charge in [0.05, 0.1) is 30.2 Å². The second-order valence-corrected chi connectivity index (χ2v) is 12.3. The number of aromatic nitrogens is 2. The van der Waals surface area contributed by atoms with Gasteiger partial charge in [-0.3, -0.25) is 29.0 Å². The highest BCUT2D eigenvalue weighted by atomic mass is 16.5. The highest BCUT2D eigenvalue weighted by Crippen LogP contribution is 2.48. The van der Waals surface area contributed by atoms with Gasteiger partial charge in [-0.25, -0.2) is 0 Å². The SMILES string of the molecule is C=CC1=C(C)C(CC2=NC(=C3c4[nH]c(Cc5[nH]c(C=O)c(C)c5CC)c(C)c4C(=O)C3C(=O)OC)C(CCC(=O)O)C2C)NC1=O. The molecule has 11 heteroatoms. The summed E-state index contributed by atoms with van der Waals surface area (Å²) in [6.07, 6.45) is 3.96. The number of nitrogens with zero attached hydrogens (tertiary/aromatic N) is 1. The summed E-state index contributed by atoms with van der Waals surface area (Å²) in [6, 6.07) is -0.309. The molecule has 0 bridgehead atoms. The van der Waals surface area contributed by atoms with Crippen LogP contribution in [-0.4, -0.2) is 63.9 Å². The molecule has 0 radical (unpaired) electrons. The predicted octanol–water partition coefficient (Wildman–Crippen LogP) is 4.58. The van der Waals surface area contributed by atoms with Crippen molar-refractivity contribution >= 4 is 41.2 Å². The van der Waals surface area contributed by atoms with Gasteiger partial charge in [0.25, 0.3) is 5.91 Å². The maximum Gasteiger partial charge on any atom is 0.321 e. The summed E-state index contributed by atoms with van der Waals surface area (Å²) in [6.45, 7) is 13.3. The minimum atomic E-state index is -1.25. The van der Waals surface area contributed by atoms with Crippen molar-refractivity contribution < 1.29 is 33.8 Å². The number of nitrogens with one attached hydrogen (secondary N) is 3. The van der Waals surface area contributed by atoms with Gasteiger partial charge in [-0.1, -0.05) is 26.5 Å². The fourth-order valence-electron chi connectivity index (χ4n) is 7.36. The lowest BCUT2D eigenvalue weighted by molar-refractivity contribution is -0.142. The highest BCUT2D eigenvalue weighted by Gasteiger charge is 2.48. The number of carbonyl (C=O) groups excluding carboxylic acids is 4. The van der Waals surface area contributed by atoms with E-state index >= 15 is 0 Å². The van der Waals surface area contributed by atoms with E-state index < -0.39 is 29.6 Å². The molecule has 0 spiro atoms. The van der Waals surface area contributed by atoms with Crippen LogP contribution >= 0.6 is 0 Å². The number of carboxylic acids is 1. The molecule has 1 amide bonds. The molecular weight excluding hydrogens is 588 g/mol. The third kappa shape index (κ3) is 5.27. The van der Waals surface area contributed by atoms with Crippen LogP contribution in [0.3, 0.4) is 0 Å². The van der Waals surface area contributed by atoms with Crippen molar-refractivity contribution in [1.82, 2.24) is 15.3 Å². The first-order valence-corrected chi connectivity index (χ1v) is 15.5. The number of esters is 1. The molecule has 4 N–H and O–H groups in total.